The summed E-state index contributed by atoms with van der Waals surface area (Å²) in [5.74, 6) is 0.213. The van der Waals surface area contributed by atoms with Crippen molar-refractivity contribution in [1.29, 1.82) is 0 Å². The lowest BCUT2D eigenvalue weighted by Crippen LogP contribution is -2.31. The summed E-state index contributed by atoms with van der Waals surface area (Å²) in [5, 5.41) is 0. The number of nitrogens with zero attached hydrogens (tertiary/aromatic N) is 1. The van der Waals surface area contributed by atoms with E-state index >= 15 is 0 Å². The van der Waals surface area contributed by atoms with Gasteiger partial charge in [-0.2, -0.15) is 0 Å². The number of rotatable bonds is 6. The molecule has 2 nitrogen and oxygen atoms in total. The van der Waals surface area contributed by atoms with E-state index in [4.69, 9.17) is 0 Å². The van der Waals surface area contributed by atoms with E-state index in [9.17, 15) is 4.79 Å². The third-order valence-corrected chi connectivity index (χ3v) is 3.38. The van der Waals surface area contributed by atoms with E-state index in [0.717, 1.165) is 13.0 Å². The van der Waals surface area contributed by atoms with Crippen molar-refractivity contribution < 1.29 is 4.79 Å². The molecule has 0 radical (unpaired) electrons. The van der Waals surface area contributed by atoms with Crippen LogP contribution in [0.1, 0.15) is 24.5 Å². The Morgan fingerprint density at radius 3 is 2.00 bits per heavy atom. The summed E-state index contributed by atoms with van der Waals surface area (Å²) >= 11 is 0. The van der Waals surface area contributed by atoms with Crippen molar-refractivity contribution in [3.8, 4) is 0 Å². The average Bonchev–Trinajstić information content (AvgIpc) is 2.52. The van der Waals surface area contributed by atoms with E-state index in [-0.39, 0.29) is 5.91 Å². The average molecular weight is 267 g/mol. The van der Waals surface area contributed by atoms with Crippen molar-refractivity contribution in [1.82, 2.24) is 4.90 Å². The Bertz CT molecular complexity index is 522. The normalized spacial score (nSPS) is 10.2. The van der Waals surface area contributed by atoms with Gasteiger partial charge < -0.3 is 4.90 Å². The Hall–Kier alpha value is -2.09. The van der Waals surface area contributed by atoms with Gasteiger partial charge in [0, 0.05) is 19.5 Å². The van der Waals surface area contributed by atoms with Crippen molar-refractivity contribution in [3.63, 3.8) is 0 Å². The van der Waals surface area contributed by atoms with Gasteiger partial charge in [-0.25, -0.2) is 0 Å². The smallest absolute Gasteiger partial charge is 0.222 e. The molecule has 0 spiro atoms. The quantitative estimate of drug-likeness (QED) is 0.782. The molecule has 0 saturated heterocycles. The molecule has 2 aromatic carbocycles. The summed E-state index contributed by atoms with van der Waals surface area (Å²) in [6, 6.07) is 20.5. The van der Waals surface area contributed by atoms with Crippen molar-refractivity contribution in [3.05, 3.63) is 71.8 Å². The summed E-state index contributed by atoms with van der Waals surface area (Å²) in [4.78, 5) is 14.0. The summed E-state index contributed by atoms with van der Waals surface area (Å²) in [6.07, 6.45) is 1.46. The molecule has 2 heteroatoms. The first-order valence-electron chi connectivity index (χ1n) is 7.15. The predicted octanol–water partition coefficient (Wildman–Crippen LogP) is 3.67. The fourth-order valence-electron chi connectivity index (χ4n) is 2.23. The Balaban J connectivity index is 1.99. The second-order valence-electron chi connectivity index (χ2n) is 4.89. The molecule has 0 bridgehead atoms. The first-order valence-corrected chi connectivity index (χ1v) is 7.15. The minimum atomic E-state index is 0.213. The second kappa shape index (κ2) is 7.49. The highest BCUT2D eigenvalue weighted by Crippen LogP contribution is 2.08. The van der Waals surface area contributed by atoms with Crippen LogP contribution in [0.3, 0.4) is 0 Å². The maximum atomic E-state index is 12.1. The van der Waals surface area contributed by atoms with Gasteiger partial charge in [-0.15, -0.1) is 0 Å². The van der Waals surface area contributed by atoms with Gasteiger partial charge in [-0.3, -0.25) is 4.79 Å². The monoisotopic (exact) mass is 267 g/mol. The van der Waals surface area contributed by atoms with Crippen molar-refractivity contribution in [2.24, 2.45) is 0 Å². The van der Waals surface area contributed by atoms with Gasteiger partial charge in [0.1, 0.15) is 0 Å². The molecule has 2 rings (SSSR count). The Morgan fingerprint density at radius 1 is 0.900 bits per heavy atom. The van der Waals surface area contributed by atoms with E-state index in [1.165, 1.54) is 11.1 Å². The van der Waals surface area contributed by atoms with Crippen LogP contribution in [0.4, 0.5) is 0 Å². The van der Waals surface area contributed by atoms with Crippen molar-refractivity contribution in [2.75, 3.05) is 6.54 Å². The first kappa shape index (κ1) is 14.3. The number of carbonyl (C=O) groups excluding carboxylic acids is 1. The molecule has 20 heavy (non-hydrogen) atoms. The van der Waals surface area contributed by atoms with Gasteiger partial charge in [0.15, 0.2) is 0 Å². The van der Waals surface area contributed by atoms with Crippen LogP contribution < -0.4 is 0 Å². The summed E-state index contributed by atoms with van der Waals surface area (Å²) in [7, 11) is 0. The summed E-state index contributed by atoms with van der Waals surface area (Å²) < 4.78 is 0. The number of hydrogen-bond acceptors (Lipinski definition) is 1. The minimum Gasteiger partial charge on any atom is -0.338 e. The van der Waals surface area contributed by atoms with Crippen LogP contribution >= 0.6 is 0 Å². The van der Waals surface area contributed by atoms with E-state index < -0.39 is 0 Å². The van der Waals surface area contributed by atoms with Crippen LogP contribution in [-0.2, 0) is 17.8 Å². The molecule has 0 aliphatic heterocycles. The molecular formula is C18H21NO. The van der Waals surface area contributed by atoms with E-state index in [2.05, 4.69) is 24.3 Å². The SMILES string of the molecule is CCC(=O)N(CCc1ccccc1)Cc1ccccc1. The molecule has 1 amide bonds. The maximum Gasteiger partial charge on any atom is 0.222 e. The first-order chi connectivity index (χ1) is 9.79. The van der Waals surface area contributed by atoms with E-state index in [1.807, 2.05) is 48.2 Å². The van der Waals surface area contributed by atoms with Crippen LogP contribution in [-0.4, -0.2) is 17.4 Å². The highest BCUT2D eigenvalue weighted by atomic mass is 16.2. The van der Waals surface area contributed by atoms with Gasteiger partial charge in [-0.1, -0.05) is 67.6 Å². The molecule has 0 atom stereocenters. The molecule has 104 valence electrons. The van der Waals surface area contributed by atoms with E-state index in [0.29, 0.717) is 13.0 Å². The Labute approximate surface area is 121 Å². The summed E-state index contributed by atoms with van der Waals surface area (Å²) in [5.41, 5.74) is 2.46. The molecule has 0 unspecified atom stereocenters. The third-order valence-electron chi connectivity index (χ3n) is 3.38. The van der Waals surface area contributed by atoms with Crippen LogP contribution in [0.5, 0.6) is 0 Å². The largest absolute Gasteiger partial charge is 0.338 e. The lowest BCUT2D eigenvalue weighted by atomic mass is 10.1. The molecule has 0 aliphatic rings. The van der Waals surface area contributed by atoms with Gasteiger partial charge in [0.05, 0.1) is 0 Å². The maximum absolute atomic E-state index is 12.1. The number of amides is 1. The third kappa shape index (κ3) is 4.23. The zero-order valence-corrected chi connectivity index (χ0v) is 12.0. The zero-order chi connectivity index (χ0) is 14.2. The molecule has 0 saturated carbocycles. The van der Waals surface area contributed by atoms with Crippen LogP contribution in [0.25, 0.3) is 0 Å². The predicted molar refractivity (Wildman–Crippen MR) is 82.3 cm³/mol. The molecule has 0 heterocycles. The fourth-order valence-corrected chi connectivity index (χ4v) is 2.23. The minimum absolute atomic E-state index is 0.213. The molecule has 0 aliphatic carbocycles. The number of benzene rings is 2. The summed E-state index contributed by atoms with van der Waals surface area (Å²) in [6.45, 7) is 3.38. The van der Waals surface area contributed by atoms with Crippen molar-refractivity contribution in [2.45, 2.75) is 26.3 Å². The zero-order valence-electron chi connectivity index (χ0n) is 12.0. The lowest BCUT2D eigenvalue weighted by molar-refractivity contribution is -0.131. The van der Waals surface area contributed by atoms with Crippen LogP contribution in [0, 0.1) is 0 Å². The van der Waals surface area contributed by atoms with Crippen LogP contribution in [0.15, 0.2) is 60.7 Å². The molecule has 2 aromatic rings. The standard InChI is InChI=1S/C18H21NO/c1-2-18(20)19(15-17-11-7-4-8-12-17)14-13-16-9-5-3-6-10-16/h3-12H,2,13-15H2,1H3. The number of hydrogen-bond donors (Lipinski definition) is 0. The molecule has 0 N–H and O–H groups in total. The highest BCUT2D eigenvalue weighted by Gasteiger charge is 2.11. The molecule has 0 aromatic heterocycles. The topological polar surface area (TPSA) is 20.3 Å². The molecule has 0 fully saturated rings. The number of carbonyl (C=O) groups is 1. The highest BCUT2D eigenvalue weighted by molar-refractivity contribution is 5.75. The van der Waals surface area contributed by atoms with Crippen LogP contribution in [0.2, 0.25) is 0 Å². The fraction of sp³-hybridized carbons (Fsp3) is 0.278. The second-order valence-corrected chi connectivity index (χ2v) is 4.89. The molecular weight excluding hydrogens is 246 g/mol. The van der Waals surface area contributed by atoms with E-state index in [1.54, 1.807) is 0 Å². The van der Waals surface area contributed by atoms with Gasteiger partial charge in [0.2, 0.25) is 5.91 Å². The van der Waals surface area contributed by atoms with Gasteiger partial charge in [0.25, 0.3) is 0 Å². The van der Waals surface area contributed by atoms with Gasteiger partial charge in [-0.05, 0) is 17.5 Å². The Morgan fingerprint density at radius 2 is 1.45 bits per heavy atom. The Kier molecular flexibility index (Phi) is 5.36. The lowest BCUT2D eigenvalue weighted by Gasteiger charge is -2.22. The van der Waals surface area contributed by atoms with Gasteiger partial charge >= 0.3 is 0 Å². The van der Waals surface area contributed by atoms with Crippen molar-refractivity contribution >= 4 is 5.91 Å².